The summed E-state index contributed by atoms with van der Waals surface area (Å²) in [6.45, 7) is 2.71. The molecule has 0 spiro atoms. The zero-order valence-corrected chi connectivity index (χ0v) is 11.1. The molecule has 0 bridgehead atoms. The Hall–Kier alpha value is -1.10. The summed E-state index contributed by atoms with van der Waals surface area (Å²) in [7, 11) is 0. The van der Waals surface area contributed by atoms with Crippen LogP contribution in [0.3, 0.4) is 0 Å². The third-order valence-electron chi connectivity index (χ3n) is 2.37. The van der Waals surface area contributed by atoms with Crippen LogP contribution >= 0.6 is 24.8 Å². The molecule has 0 radical (unpaired) electrons. The molecule has 4 nitrogen and oxygen atoms in total. The van der Waals surface area contributed by atoms with Gasteiger partial charge in [-0.3, -0.25) is 4.79 Å². The molecule has 0 atom stereocenters. The summed E-state index contributed by atoms with van der Waals surface area (Å²) in [4.78, 5) is 16.1. The molecular formula is C11H15Cl2N3O. The molecule has 0 unspecified atom stereocenters. The molecule has 0 fully saturated rings. The summed E-state index contributed by atoms with van der Waals surface area (Å²) in [6.07, 6.45) is 0. The molecule has 0 saturated heterocycles. The third kappa shape index (κ3) is 2.97. The first-order valence-electron chi connectivity index (χ1n) is 4.90. The number of fused-ring (bicyclic) bond motifs is 1. The van der Waals surface area contributed by atoms with E-state index in [9.17, 15) is 4.79 Å². The van der Waals surface area contributed by atoms with Gasteiger partial charge >= 0.3 is 0 Å². The van der Waals surface area contributed by atoms with Crippen molar-refractivity contribution < 1.29 is 0 Å². The van der Waals surface area contributed by atoms with Crippen LogP contribution in [0.15, 0.2) is 29.1 Å². The lowest BCUT2D eigenvalue weighted by Crippen LogP contribution is -2.27. The fourth-order valence-corrected chi connectivity index (χ4v) is 1.67. The number of nitrogens with two attached hydrogens (primary N) is 1. The number of aromatic nitrogens is 2. The topological polar surface area (TPSA) is 60.9 Å². The Balaban J connectivity index is 0.00000128. The number of hydrogen-bond acceptors (Lipinski definition) is 3. The molecule has 1 aromatic carbocycles. The molecule has 0 aliphatic carbocycles. The van der Waals surface area contributed by atoms with Crippen LogP contribution < -0.4 is 11.3 Å². The summed E-state index contributed by atoms with van der Waals surface area (Å²) in [5, 5.41) is 0. The number of benzene rings is 1. The Kier molecular flexibility index (Phi) is 6.16. The van der Waals surface area contributed by atoms with Crippen molar-refractivity contribution in [2.45, 2.75) is 13.5 Å². The number of rotatable bonds is 2. The summed E-state index contributed by atoms with van der Waals surface area (Å²) in [6, 6.07) is 7.59. The minimum atomic E-state index is -0.0563. The molecule has 0 saturated carbocycles. The smallest absolute Gasteiger partial charge is 0.272 e. The standard InChI is InChI=1S/C11H13N3O.2ClH/c1-8-11(15)14(7-6-12)10-5-3-2-4-9(10)13-8;;/h2-5H,6-7,12H2,1H3;2*1H. The predicted molar refractivity (Wildman–Crippen MR) is 74.3 cm³/mol. The van der Waals surface area contributed by atoms with Crippen molar-refractivity contribution in [3.63, 3.8) is 0 Å². The molecule has 0 aliphatic heterocycles. The average molecular weight is 276 g/mol. The van der Waals surface area contributed by atoms with Crippen molar-refractivity contribution in [3.8, 4) is 0 Å². The molecular weight excluding hydrogens is 261 g/mol. The van der Waals surface area contributed by atoms with E-state index >= 15 is 0 Å². The highest BCUT2D eigenvalue weighted by molar-refractivity contribution is 5.85. The van der Waals surface area contributed by atoms with Gasteiger partial charge in [0.05, 0.1) is 11.0 Å². The Bertz CT molecular complexity index is 554. The first kappa shape index (κ1) is 15.9. The molecule has 17 heavy (non-hydrogen) atoms. The van der Waals surface area contributed by atoms with Gasteiger partial charge in [-0.05, 0) is 19.1 Å². The van der Waals surface area contributed by atoms with Crippen LogP contribution in [0.1, 0.15) is 5.69 Å². The van der Waals surface area contributed by atoms with Crippen molar-refractivity contribution in [1.82, 2.24) is 9.55 Å². The SMILES string of the molecule is Cc1nc2ccccc2n(CCN)c1=O.Cl.Cl. The Morgan fingerprint density at radius 1 is 1.29 bits per heavy atom. The first-order valence-corrected chi connectivity index (χ1v) is 4.90. The minimum absolute atomic E-state index is 0. The minimum Gasteiger partial charge on any atom is -0.329 e. The molecule has 1 heterocycles. The van der Waals surface area contributed by atoms with Gasteiger partial charge in [-0.1, -0.05) is 12.1 Å². The largest absolute Gasteiger partial charge is 0.329 e. The van der Waals surface area contributed by atoms with Gasteiger partial charge < -0.3 is 10.3 Å². The molecule has 1 aromatic heterocycles. The van der Waals surface area contributed by atoms with Gasteiger partial charge in [-0.15, -0.1) is 24.8 Å². The molecule has 94 valence electrons. The number of halogens is 2. The lowest BCUT2D eigenvalue weighted by Gasteiger charge is -2.09. The predicted octanol–water partition coefficient (Wildman–Crippen LogP) is 1.51. The molecule has 2 aromatic rings. The van der Waals surface area contributed by atoms with Crippen molar-refractivity contribution in [2.24, 2.45) is 5.73 Å². The maximum Gasteiger partial charge on any atom is 0.272 e. The zero-order chi connectivity index (χ0) is 10.8. The maximum absolute atomic E-state index is 11.8. The molecule has 6 heteroatoms. The Morgan fingerprint density at radius 3 is 2.59 bits per heavy atom. The number of aryl methyl sites for hydroxylation is 1. The summed E-state index contributed by atoms with van der Waals surface area (Å²) in [5.41, 5.74) is 7.63. The number of para-hydroxylation sites is 2. The van der Waals surface area contributed by atoms with Crippen LogP contribution in [0.2, 0.25) is 0 Å². The van der Waals surface area contributed by atoms with Gasteiger partial charge in [0.25, 0.3) is 5.56 Å². The van der Waals surface area contributed by atoms with Gasteiger partial charge in [-0.25, -0.2) is 4.98 Å². The van der Waals surface area contributed by atoms with Gasteiger partial charge in [0, 0.05) is 13.1 Å². The highest BCUT2D eigenvalue weighted by Gasteiger charge is 2.05. The fraction of sp³-hybridized carbons (Fsp3) is 0.273. The van der Waals surface area contributed by atoms with Crippen LogP contribution in [0.4, 0.5) is 0 Å². The van der Waals surface area contributed by atoms with Gasteiger partial charge in [0.2, 0.25) is 0 Å². The molecule has 2 N–H and O–H groups in total. The Labute approximate surface area is 112 Å². The van der Waals surface area contributed by atoms with Crippen molar-refractivity contribution in [1.29, 1.82) is 0 Å². The second-order valence-electron chi connectivity index (χ2n) is 3.43. The summed E-state index contributed by atoms with van der Waals surface area (Å²) in [5.74, 6) is 0. The van der Waals surface area contributed by atoms with E-state index in [2.05, 4.69) is 4.98 Å². The third-order valence-corrected chi connectivity index (χ3v) is 2.37. The quantitative estimate of drug-likeness (QED) is 0.904. The van der Waals surface area contributed by atoms with E-state index in [0.717, 1.165) is 11.0 Å². The normalized spacial score (nSPS) is 9.53. The second kappa shape index (κ2) is 6.59. The lowest BCUT2D eigenvalue weighted by atomic mass is 10.3. The van der Waals surface area contributed by atoms with Gasteiger partial charge in [-0.2, -0.15) is 0 Å². The lowest BCUT2D eigenvalue weighted by molar-refractivity contribution is 0.697. The highest BCUT2D eigenvalue weighted by atomic mass is 35.5. The van der Waals surface area contributed by atoms with Crippen LogP contribution in [-0.4, -0.2) is 16.1 Å². The van der Waals surface area contributed by atoms with E-state index < -0.39 is 0 Å². The Morgan fingerprint density at radius 2 is 1.94 bits per heavy atom. The van der Waals surface area contributed by atoms with Crippen LogP contribution in [0, 0.1) is 6.92 Å². The summed E-state index contributed by atoms with van der Waals surface area (Å²) >= 11 is 0. The van der Waals surface area contributed by atoms with Gasteiger partial charge in [0.1, 0.15) is 5.69 Å². The van der Waals surface area contributed by atoms with E-state index in [1.165, 1.54) is 0 Å². The fourth-order valence-electron chi connectivity index (χ4n) is 1.67. The number of nitrogens with zero attached hydrogens (tertiary/aromatic N) is 2. The van der Waals surface area contributed by atoms with Crippen molar-refractivity contribution in [2.75, 3.05) is 6.54 Å². The van der Waals surface area contributed by atoms with Crippen LogP contribution in [0.5, 0.6) is 0 Å². The van der Waals surface area contributed by atoms with E-state index in [4.69, 9.17) is 5.73 Å². The average Bonchev–Trinajstić information content (AvgIpc) is 2.25. The summed E-state index contributed by atoms with van der Waals surface area (Å²) < 4.78 is 1.68. The van der Waals surface area contributed by atoms with Gasteiger partial charge in [0.15, 0.2) is 0 Å². The molecule has 2 rings (SSSR count). The zero-order valence-electron chi connectivity index (χ0n) is 9.42. The molecule has 0 aliphatic rings. The van der Waals surface area contributed by atoms with E-state index in [0.29, 0.717) is 18.8 Å². The van der Waals surface area contributed by atoms with Crippen molar-refractivity contribution in [3.05, 3.63) is 40.3 Å². The second-order valence-corrected chi connectivity index (χ2v) is 3.43. The monoisotopic (exact) mass is 275 g/mol. The molecule has 0 amide bonds. The van der Waals surface area contributed by atoms with Crippen LogP contribution in [-0.2, 0) is 6.54 Å². The van der Waals surface area contributed by atoms with Crippen LogP contribution in [0.25, 0.3) is 11.0 Å². The van der Waals surface area contributed by atoms with E-state index in [-0.39, 0.29) is 30.4 Å². The maximum atomic E-state index is 11.8. The first-order chi connectivity index (χ1) is 7.24. The highest BCUT2D eigenvalue weighted by Crippen LogP contribution is 2.08. The number of hydrogen-bond donors (Lipinski definition) is 1. The van der Waals surface area contributed by atoms with E-state index in [1.807, 2.05) is 24.3 Å². The van der Waals surface area contributed by atoms with Crippen molar-refractivity contribution >= 4 is 35.8 Å². The van der Waals surface area contributed by atoms with E-state index in [1.54, 1.807) is 11.5 Å².